The van der Waals surface area contributed by atoms with Crippen LogP contribution in [0.3, 0.4) is 0 Å². The van der Waals surface area contributed by atoms with E-state index >= 15 is 0 Å². The van der Waals surface area contributed by atoms with Crippen molar-refractivity contribution in [1.29, 1.82) is 0 Å². The van der Waals surface area contributed by atoms with E-state index < -0.39 is 74.0 Å². The Morgan fingerprint density at radius 1 is 0.920 bits per heavy atom. The number of esters is 1. The smallest absolute Gasteiger partial charge is 0.302 e. The molecule has 25 heavy (non-hydrogen) atoms. The van der Waals surface area contributed by atoms with E-state index in [0.29, 0.717) is 0 Å². The molecule has 10 atom stereocenters. The van der Waals surface area contributed by atoms with Gasteiger partial charge in [-0.05, 0) is 6.92 Å². The predicted molar refractivity (Wildman–Crippen MR) is 76.8 cm³/mol. The van der Waals surface area contributed by atoms with Crippen LogP contribution in [0, 0.1) is 0 Å². The molecule has 0 aromatic rings. The number of aliphatic hydroxyl groups is 6. The first-order valence-corrected chi connectivity index (χ1v) is 7.81. The molecule has 6 N–H and O–H groups in total. The number of carbonyl (C=O) groups is 1. The van der Waals surface area contributed by atoms with Gasteiger partial charge in [0.1, 0.15) is 49.3 Å². The molecular formula is C14H24O11. The fourth-order valence-electron chi connectivity index (χ4n) is 2.69. The lowest BCUT2D eigenvalue weighted by Gasteiger charge is -2.45. The van der Waals surface area contributed by atoms with Crippen molar-refractivity contribution < 1.29 is 54.4 Å². The maximum atomic E-state index is 10.9. The Morgan fingerprint density at radius 2 is 1.56 bits per heavy atom. The van der Waals surface area contributed by atoms with Crippen LogP contribution < -0.4 is 0 Å². The van der Waals surface area contributed by atoms with Crippen molar-refractivity contribution in [1.82, 2.24) is 0 Å². The number of hydrogen-bond acceptors (Lipinski definition) is 11. The highest BCUT2D eigenvalue weighted by Gasteiger charge is 2.49. The molecule has 0 radical (unpaired) electrons. The second-order valence-electron chi connectivity index (χ2n) is 6.13. The summed E-state index contributed by atoms with van der Waals surface area (Å²) in [4.78, 5) is 10.9. The molecular weight excluding hydrogens is 344 g/mol. The second-order valence-corrected chi connectivity index (χ2v) is 6.13. The minimum absolute atomic E-state index is 0.405. The Bertz CT molecular complexity index is 446. The number of aliphatic hydroxyl groups excluding tert-OH is 6. The lowest BCUT2D eigenvalue weighted by molar-refractivity contribution is -0.353. The van der Waals surface area contributed by atoms with Crippen LogP contribution in [0.2, 0.25) is 0 Å². The lowest BCUT2D eigenvalue weighted by atomic mass is 9.97. The molecule has 11 heteroatoms. The Balaban J connectivity index is 2.09. The van der Waals surface area contributed by atoms with E-state index in [1.54, 1.807) is 0 Å². The van der Waals surface area contributed by atoms with Gasteiger partial charge in [-0.1, -0.05) is 0 Å². The van der Waals surface area contributed by atoms with E-state index in [1.807, 2.05) is 0 Å². The van der Waals surface area contributed by atoms with Gasteiger partial charge in [-0.15, -0.1) is 0 Å². The summed E-state index contributed by atoms with van der Waals surface area (Å²) >= 11 is 0. The summed E-state index contributed by atoms with van der Waals surface area (Å²) in [5, 5.41) is 59.4. The molecule has 2 aliphatic heterocycles. The minimum atomic E-state index is -1.71. The summed E-state index contributed by atoms with van der Waals surface area (Å²) in [5.41, 5.74) is 0. The molecule has 0 unspecified atom stereocenters. The van der Waals surface area contributed by atoms with Gasteiger partial charge in [0, 0.05) is 6.92 Å². The molecule has 0 bridgehead atoms. The highest BCUT2D eigenvalue weighted by Crippen LogP contribution is 2.28. The maximum absolute atomic E-state index is 10.9. The van der Waals surface area contributed by atoms with Crippen LogP contribution in [0.4, 0.5) is 0 Å². The summed E-state index contributed by atoms with van der Waals surface area (Å²) in [5.74, 6) is -0.638. The van der Waals surface area contributed by atoms with Crippen LogP contribution in [-0.4, -0.2) is 105 Å². The zero-order valence-electron chi connectivity index (χ0n) is 13.7. The van der Waals surface area contributed by atoms with Crippen molar-refractivity contribution in [2.75, 3.05) is 6.61 Å². The number of rotatable bonds is 4. The normalized spacial score (nSPS) is 48.2. The van der Waals surface area contributed by atoms with E-state index in [1.165, 1.54) is 6.92 Å². The number of carbonyl (C=O) groups excluding carboxylic acids is 1. The highest BCUT2D eigenvalue weighted by atomic mass is 16.7. The van der Waals surface area contributed by atoms with Crippen LogP contribution in [0.25, 0.3) is 0 Å². The van der Waals surface area contributed by atoms with E-state index in [9.17, 15) is 35.4 Å². The van der Waals surface area contributed by atoms with Crippen LogP contribution in [-0.2, 0) is 23.7 Å². The first-order valence-electron chi connectivity index (χ1n) is 7.81. The van der Waals surface area contributed by atoms with E-state index in [-0.39, 0.29) is 0 Å². The van der Waals surface area contributed by atoms with Gasteiger partial charge in [0.2, 0.25) is 0 Å². The number of hydrogen-bond donors (Lipinski definition) is 6. The highest BCUT2D eigenvalue weighted by molar-refractivity contribution is 5.65. The predicted octanol–water partition coefficient (Wildman–Crippen LogP) is -3.80. The van der Waals surface area contributed by atoms with Gasteiger partial charge in [-0.3, -0.25) is 4.79 Å². The molecule has 11 nitrogen and oxygen atoms in total. The van der Waals surface area contributed by atoms with Gasteiger partial charge in [0.05, 0.1) is 6.10 Å². The van der Waals surface area contributed by atoms with Gasteiger partial charge in [-0.2, -0.15) is 0 Å². The van der Waals surface area contributed by atoms with Crippen LogP contribution in [0.15, 0.2) is 0 Å². The molecule has 0 aliphatic carbocycles. The van der Waals surface area contributed by atoms with Gasteiger partial charge in [0.15, 0.2) is 12.6 Å². The second kappa shape index (κ2) is 8.20. The molecule has 0 amide bonds. The van der Waals surface area contributed by atoms with E-state index in [0.717, 1.165) is 6.92 Å². The maximum Gasteiger partial charge on any atom is 0.302 e. The topological polar surface area (TPSA) is 175 Å². The summed E-state index contributed by atoms with van der Waals surface area (Å²) in [6.45, 7) is 2.18. The SMILES string of the molecule is CC(=O)OC[C@H]1O[C@@H](O[C@@H]2[C@@H](O)[C@H](O)O[C@H](C)[C@@H]2O)[C@H](O)[C@@H](O)[C@@H]1O. The van der Waals surface area contributed by atoms with Crippen molar-refractivity contribution in [2.24, 2.45) is 0 Å². The molecule has 0 spiro atoms. The zero-order valence-corrected chi connectivity index (χ0v) is 13.7. The molecule has 0 saturated carbocycles. The van der Waals surface area contributed by atoms with Crippen LogP contribution in [0.5, 0.6) is 0 Å². The first-order chi connectivity index (χ1) is 11.6. The third-order valence-corrected chi connectivity index (χ3v) is 4.21. The zero-order chi connectivity index (χ0) is 18.9. The standard InChI is InChI=1S/C14H24O11/c1-4-7(16)12(11(20)13(21)23-4)25-14-10(19)9(18)8(17)6(24-14)3-22-5(2)15/h4,6-14,16-21H,3H2,1-2H3/t4-,6-,7+,8-,9+,10-,11-,12+,13-,14+/m1/s1. The Hall–Kier alpha value is -0.890. The summed E-state index contributed by atoms with van der Waals surface area (Å²) in [7, 11) is 0. The molecule has 146 valence electrons. The van der Waals surface area contributed by atoms with Crippen LogP contribution in [0.1, 0.15) is 13.8 Å². The largest absolute Gasteiger partial charge is 0.463 e. The number of ether oxygens (including phenoxy) is 4. The van der Waals surface area contributed by atoms with E-state index in [4.69, 9.17) is 18.9 Å². The molecule has 0 aromatic heterocycles. The Morgan fingerprint density at radius 3 is 2.16 bits per heavy atom. The van der Waals surface area contributed by atoms with Crippen molar-refractivity contribution in [2.45, 2.75) is 75.3 Å². The molecule has 2 aliphatic rings. The van der Waals surface area contributed by atoms with Crippen molar-refractivity contribution in [3.05, 3.63) is 0 Å². The van der Waals surface area contributed by atoms with E-state index in [2.05, 4.69) is 0 Å². The quantitative estimate of drug-likeness (QED) is 0.268. The Kier molecular flexibility index (Phi) is 6.70. The molecule has 2 heterocycles. The lowest BCUT2D eigenvalue weighted by Crippen LogP contribution is -2.64. The molecule has 2 saturated heterocycles. The third kappa shape index (κ3) is 4.45. The summed E-state index contributed by atoms with van der Waals surface area (Å²) < 4.78 is 20.3. The van der Waals surface area contributed by atoms with Crippen LogP contribution >= 0.6 is 0 Å². The first kappa shape index (κ1) is 20.4. The van der Waals surface area contributed by atoms with Crippen molar-refractivity contribution >= 4 is 5.97 Å². The van der Waals surface area contributed by atoms with Crippen molar-refractivity contribution in [3.63, 3.8) is 0 Å². The molecule has 2 rings (SSSR count). The van der Waals surface area contributed by atoms with Gasteiger partial charge < -0.3 is 49.6 Å². The van der Waals surface area contributed by atoms with Crippen molar-refractivity contribution in [3.8, 4) is 0 Å². The molecule has 2 fully saturated rings. The van der Waals surface area contributed by atoms with Gasteiger partial charge in [-0.25, -0.2) is 0 Å². The minimum Gasteiger partial charge on any atom is -0.463 e. The summed E-state index contributed by atoms with van der Waals surface area (Å²) in [6.07, 6.45) is -14.6. The molecule has 0 aromatic carbocycles. The average Bonchev–Trinajstić information content (AvgIpc) is 2.55. The fourth-order valence-corrected chi connectivity index (χ4v) is 2.69. The van der Waals surface area contributed by atoms with Gasteiger partial charge in [0.25, 0.3) is 0 Å². The fraction of sp³-hybridized carbons (Fsp3) is 0.929. The Labute approximate surface area is 143 Å². The summed E-state index contributed by atoms with van der Waals surface area (Å²) in [6, 6.07) is 0. The third-order valence-electron chi connectivity index (χ3n) is 4.21. The van der Waals surface area contributed by atoms with Gasteiger partial charge >= 0.3 is 5.97 Å². The monoisotopic (exact) mass is 368 g/mol. The average molecular weight is 368 g/mol.